The number of hydrogen-bond donors (Lipinski definition) is 0. The van der Waals surface area contributed by atoms with Crippen molar-refractivity contribution in [2.45, 2.75) is 0 Å². The minimum absolute atomic E-state index is 0.472. The van der Waals surface area contributed by atoms with Gasteiger partial charge in [-0.3, -0.25) is 0 Å². The summed E-state index contributed by atoms with van der Waals surface area (Å²) in [5.41, 5.74) is 14.1. The average Bonchev–Trinajstić information content (AvgIpc) is 3.74. The number of hydrogen-bond acceptors (Lipinski definition) is 0. The monoisotopic (exact) mass is 666 g/mol. The van der Waals surface area contributed by atoms with Gasteiger partial charge in [0.25, 0.3) is 0 Å². The molecule has 0 amide bonds. The Morgan fingerprint density at radius 2 is 0.792 bits per heavy atom. The van der Waals surface area contributed by atoms with Crippen LogP contribution in [0.4, 0.5) is 0 Å². The summed E-state index contributed by atoms with van der Waals surface area (Å²) in [5.74, 6) is 0. The highest BCUT2D eigenvalue weighted by molar-refractivity contribution is 6.60. The van der Waals surface area contributed by atoms with E-state index in [1.54, 1.807) is 0 Å². The van der Waals surface area contributed by atoms with Crippen LogP contribution in [-0.4, -0.2) is 32.7 Å². The number of nitrogens with zero attached hydrogens (tertiary/aromatic N) is 2. The van der Waals surface area contributed by atoms with Crippen molar-refractivity contribution >= 4 is 83.5 Å². The van der Waals surface area contributed by atoms with Gasteiger partial charge in [-0.1, -0.05) is 138 Å². The van der Waals surface area contributed by atoms with Gasteiger partial charge in [0.2, 0.25) is 0 Å². The van der Waals surface area contributed by atoms with Gasteiger partial charge in [0.05, 0.1) is 16.6 Å². The minimum atomic E-state index is 0.472. The highest BCUT2D eigenvalue weighted by atomic mass is 15.0. The zero-order valence-electron chi connectivity index (χ0n) is 28.9. The van der Waals surface area contributed by atoms with Crippen molar-refractivity contribution < 1.29 is 0 Å². The zero-order valence-corrected chi connectivity index (χ0v) is 28.9. The van der Waals surface area contributed by atoms with E-state index in [0.717, 1.165) is 71.7 Å². The molecule has 0 N–H and O–H groups in total. The van der Waals surface area contributed by atoms with Gasteiger partial charge >= 0.3 is 0 Å². The van der Waals surface area contributed by atoms with Crippen LogP contribution in [0.25, 0.3) is 88.4 Å². The molecule has 0 fully saturated rings. The second-order valence-corrected chi connectivity index (χ2v) is 13.6. The van der Waals surface area contributed by atoms with Crippen molar-refractivity contribution in [1.82, 2.24) is 9.13 Å². The second kappa shape index (κ2) is 12.4. The van der Waals surface area contributed by atoms with Gasteiger partial charge in [0.15, 0.2) is 0 Å². The molecule has 2 nitrogen and oxygen atoms in total. The molecule has 10 aromatic rings. The van der Waals surface area contributed by atoms with Crippen LogP contribution in [0.1, 0.15) is 0 Å². The number of para-hydroxylation sites is 2. The van der Waals surface area contributed by atoms with Gasteiger partial charge in [-0.15, -0.1) is 0 Å². The van der Waals surface area contributed by atoms with Crippen molar-refractivity contribution in [2.75, 3.05) is 0 Å². The van der Waals surface area contributed by atoms with E-state index in [4.69, 9.17) is 23.5 Å². The molecule has 0 unspecified atom stereocenters. The fourth-order valence-electron chi connectivity index (χ4n) is 8.16. The van der Waals surface area contributed by atoms with E-state index in [1.807, 2.05) is 42.5 Å². The van der Waals surface area contributed by atoms with E-state index in [0.29, 0.717) is 16.4 Å². The summed E-state index contributed by atoms with van der Waals surface area (Å²) < 4.78 is 4.51. The first-order valence-electron chi connectivity index (χ1n) is 17.8. The number of benzene rings is 8. The molecule has 0 aliphatic carbocycles. The minimum Gasteiger partial charge on any atom is -0.310 e. The van der Waals surface area contributed by atoms with Crippen LogP contribution in [0.15, 0.2) is 176 Å². The first-order chi connectivity index (χ1) is 26.1. The summed E-state index contributed by atoms with van der Waals surface area (Å²) in [6.45, 7) is 0. The van der Waals surface area contributed by atoms with Gasteiger partial charge in [0, 0.05) is 38.4 Å². The van der Waals surface area contributed by atoms with Crippen LogP contribution >= 0.6 is 0 Å². The summed E-state index contributed by atoms with van der Waals surface area (Å²) in [6, 6.07) is 61.6. The van der Waals surface area contributed by atoms with Crippen LogP contribution in [-0.2, 0) is 0 Å². The fraction of sp³-hybridized carbons (Fsp3) is 0. The molecule has 10 rings (SSSR count). The predicted octanol–water partition coefficient (Wildman–Crippen LogP) is 9.26. The lowest BCUT2D eigenvalue weighted by Crippen LogP contribution is -2.35. The lowest BCUT2D eigenvalue weighted by Gasteiger charge is -2.19. The second-order valence-electron chi connectivity index (χ2n) is 13.6. The van der Waals surface area contributed by atoms with Crippen LogP contribution in [0, 0.1) is 0 Å². The van der Waals surface area contributed by atoms with Crippen LogP contribution in [0.3, 0.4) is 0 Å². The quantitative estimate of drug-likeness (QED) is 0.162. The summed E-state index contributed by atoms with van der Waals surface area (Å²) in [5, 5.41) is 4.17. The lowest BCUT2D eigenvalue weighted by molar-refractivity contribution is 1.18. The first-order valence-corrected chi connectivity index (χ1v) is 17.8. The number of rotatable bonds is 5. The normalized spacial score (nSPS) is 11.6. The molecule has 0 atom stereocenters. The molecular weight excluding hydrogens is 637 g/mol. The molecule has 0 bridgehead atoms. The van der Waals surface area contributed by atoms with Crippen LogP contribution < -0.4 is 16.4 Å². The SMILES string of the molecule is [B]c1c(-c2ccc3c(c2)c2cc(-c4ccccc4)ccc2n3-c2ccc(-c3ccccc3)cc2)c([B])c2c3ccccc3n(-c3ccccc3)c2c1[B]. The summed E-state index contributed by atoms with van der Waals surface area (Å²) in [6.07, 6.45) is 0. The molecule has 0 saturated heterocycles. The summed E-state index contributed by atoms with van der Waals surface area (Å²) >= 11 is 0. The van der Waals surface area contributed by atoms with Gasteiger partial charge in [0.1, 0.15) is 23.5 Å². The zero-order chi connectivity index (χ0) is 35.6. The topological polar surface area (TPSA) is 9.86 Å². The molecule has 0 spiro atoms. The third kappa shape index (κ3) is 4.92. The Bertz CT molecular complexity index is 3000. The Morgan fingerprint density at radius 3 is 1.45 bits per heavy atom. The van der Waals surface area contributed by atoms with Gasteiger partial charge in [-0.25, -0.2) is 0 Å². The van der Waals surface area contributed by atoms with Crippen LogP contribution in [0.2, 0.25) is 0 Å². The Labute approximate surface area is 312 Å². The summed E-state index contributed by atoms with van der Waals surface area (Å²) in [7, 11) is 21.3. The van der Waals surface area contributed by atoms with Crippen LogP contribution in [0.5, 0.6) is 0 Å². The smallest absolute Gasteiger partial charge is 0.115 e. The molecule has 6 radical (unpaired) electrons. The molecule has 53 heavy (non-hydrogen) atoms. The Balaban J connectivity index is 1.22. The molecule has 0 aliphatic rings. The van der Waals surface area contributed by atoms with E-state index in [2.05, 4.69) is 143 Å². The number of aromatic nitrogens is 2. The first kappa shape index (κ1) is 31.3. The van der Waals surface area contributed by atoms with Crippen molar-refractivity contribution in [3.63, 3.8) is 0 Å². The molecule has 5 heteroatoms. The predicted molar refractivity (Wildman–Crippen MR) is 228 cm³/mol. The average molecular weight is 666 g/mol. The maximum absolute atomic E-state index is 7.24. The van der Waals surface area contributed by atoms with Crippen molar-refractivity contribution in [3.05, 3.63) is 176 Å². The molecule has 0 aliphatic heterocycles. The Kier molecular flexibility index (Phi) is 7.30. The van der Waals surface area contributed by atoms with Gasteiger partial charge in [-0.2, -0.15) is 0 Å². The standard InChI is InChI=1S/C48H29B3N2/c49-45-43(46(50)47(51)48-44(45)37-18-10-11-19-40(37)53(48)35-16-8-3-9-17-35)34-23-27-42-39(29-34)38-28-33(31-14-6-2-7-15-31)22-26-41(38)52(42)36-24-20-32(21-25-36)30-12-4-1-5-13-30/h1-29H. The van der Waals surface area contributed by atoms with Crippen molar-refractivity contribution in [2.24, 2.45) is 0 Å². The third-order valence-electron chi connectivity index (χ3n) is 10.6. The molecular formula is C48H29B3N2. The van der Waals surface area contributed by atoms with E-state index in [1.165, 1.54) is 16.7 Å². The van der Waals surface area contributed by atoms with Gasteiger partial charge in [-0.05, 0) is 88.0 Å². The molecule has 2 heterocycles. The molecule has 2 aromatic heterocycles. The highest BCUT2D eigenvalue weighted by Crippen LogP contribution is 2.38. The lowest BCUT2D eigenvalue weighted by atomic mass is 9.69. The van der Waals surface area contributed by atoms with Gasteiger partial charge < -0.3 is 9.13 Å². The largest absolute Gasteiger partial charge is 0.310 e. The summed E-state index contributed by atoms with van der Waals surface area (Å²) in [4.78, 5) is 0. The van der Waals surface area contributed by atoms with E-state index in [9.17, 15) is 0 Å². The Hall–Kier alpha value is -6.45. The third-order valence-corrected chi connectivity index (χ3v) is 10.6. The fourth-order valence-corrected chi connectivity index (χ4v) is 8.16. The van der Waals surface area contributed by atoms with E-state index in [-0.39, 0.29) is 0 Å². The molecule has 8 aromatic carbocycles. The van der Waals surface area contributed by atoms with E-state index >= 15 is 0 Å². The maximum atomic E-state index is 7.24. The molecule has 240 valence electrons. The van der Waals surface area contributed by atoms with Crippen molar-refractivity contribution in [1.29, 1.82) is 0 Å². The Morgan fingerprint density at radius 1 is 0.321 bits per heavy atom. The van der Waals surface area contributed by atoms with Crippen molar-refractivity contribution in [3.8, 4) is 44.8 Å². The van der Waals surface area contributed by atoms with E-state index < -0.39 is 0 Å². The number of fused-ring (bicyclic) bond motifs is 6. The maximum Gasteiger partial charge on any atom is 0.115 e. The highest BCUT2D eigenvalue weighted by Gasteiger charge is 2.22. The molecule has 0 saturated carbocycles.